The monoisotopic (exact) mass is 308 g/mol. The summed E-state index contributed by atoms with van der Waals surface area (Å²) >= 11 is 0. The molecule has 6 heteroatoms. The molecule has 5 nitrogen and oxygen atoms in total. The number of aromatic nitrogens is 2. The summed E-state index contributed by atoms with van der Waals surface area (Å²) < 4.78 is 5.34. The first kappa shape index (κ1) is 15.9. The molecule has 1 aromatic carbocycles. The summed E-state index contributed by atoms with van der Waals surface area (Å²) in [5, 5.41) is 4.09. The summed E-state index contributed by atoms with van der Waals surface area (Å²) in [6.45, 7) is 2.48. The van der Waals surface area contributed by atoms with Gasteiger partial charge in [0.1, 0.15) is 0 Å². The molecule has 3 rings (SSSR count). The van der Waals surface area contributed by atoms with E-state index < -0.39 is 0 Å². The lowest BCUT2D eigenvalue weighted by Crippen LogP contribution is -2.43. The van der Waals surface area contributed by atoms with E-state index in [0.717, 1.165) is 24.5 Å². The van der Waals surface area contributed by atoms with E-state index in [9.17, 15) is 0 Å². The molecule has 1 saturated heterocycles. The number of hydrogen-bond donors (Lipinski definition) is 1. The molecular weight excluding hydrogens is 288 g/mol. The van der Waals surface area contributed by atoms with Crippen molar-refractivity contribution in [2.24, 2.45) is 5.73 Å². The number of benzene rings is 1. The van der Waals surface area contributed by atoms with Gasteiger partial charge in [0, 0.05) is 18.2 Å². The minimum atomic E-state index is 0. The Balaban J connectivity index is 0.00000161. The van der Waals surface area contributed by atoms with Gasteiger partial charge in [-0.1, -0.05) is 29.8 Å². The van der Waals surface area contributed by atoms with Crippen LogP contribution in [0, 0.1) is 0 Å². The van der Waals surface area contributed by atoms with Crippen LogP contribution in [-0.2, 0) is 6.54 Å². The summed E-state index contributed by atoms with van der Waals surface area (Å²) in [7, 11) is 0. The van der Waals surface area contributed by atoms with Crippen LogP contribution >= 0.6 is 12.4 Å². The van der Waals surface area contributed by atoms with Crippen LogP contribution < -0.4 is 5.73 Å². The van der Waals surface area contributed by atoms with E-state index in [1.165, 1.54) is 19.3 Å². The van der Waals surface area contributed by atoms with Gasteiger partial charge < -0.3 is 10.3 Å². The quantitative estimate of drug-likeness (QED) is 0.939. The average molecular weight is 309 g/mol. The van der Waals surface area contributed by atoms with Gasteiger partial charge in [-0.05, 0) is 31.5 Å². The molecule has 0 bridgehead atoms. The van der Waals surface area contributed by atoms with Crippen molar-refractivity contribution in [1.82, 2.24) is 15.0 Å². The molecule has 2 heterocycles. The third-order valence-corrected chi connectivity index (χ3v) is 3.85. The number of nitrogens with zero attached hydrogens (tertiary/aromatic N) is 3. The number of nitrogens with two attached hydrogens (primary N) is 1. The lowest BCUT2D eigenvalue weighted by atomic mass is 10.0. The number of hydrogen-bond acceptors (Lipinski definition) is 5. The summed E-state index contributed by atoms with van der Waals surface area (Å²) in [5.74, 6) is 1.33. The van der Waals surface area contributed by atoms with Gasteiger partial charge in [0.2, 0.25) is 0 Å². The van der Waals surface area contributed by atoms with E-state index in [2.05, 4.69) is 15.0 Å². The average Bonchev–Trinajstić information content (AvgIpc) is 2.97. The van der Waals surface area contributed by atoms with E-state index in [1.807, 2.05) is 30.3 Å². The van der Waals surface area contributed by atoms with Gasteiger partial charge in [-0.3, -0.25) is 4.90 Å². The molecule has 1 aliphatic heterocycles. The summed E-state index contributed by atoms with van der Waals surface area (Å²) in [5.41, 5.74) is 6.80. The van der Waals surface area contributed by atoms with Gasteiger partial charge in [-0.25, -0.2) is 0 Å². The molecule has 0 radical (unpaired) electrons. The van der Waals surface area contributed by atoms with E-state index in [4.69, 9.17) is 10.3 Å². The molecule has 21 heavy (non-hydrogen) atoms. The number of rotatable bonds is 4. The Labute approximate surface area is 130 Å². The predicted octanol–water partition coefficient (Wildman–Crippen LogP) is 2.47. The first-order valence-electron chi connectivity index (χ1n) is 7.19. The Hall–Kier alpha value is -1.43. The molecular formula is C15H21ClN4O. The van der Waals surface area contributed by atoms with Crippen LogP contribution in [0.5, 0.6) is 0 Å². The van der Waals surface area contributed by atoms with Gasteiger partial charge >= 0.3 is 0 Å². The zero-order valence-corrected chi connectivity index (χ0v) is 12.8. The second kappa shape index (κ2) is 7.54. The molecule has 0 amide bonds. The third-order valence-electron chi connectivity index (χ3n) is 3.85. The van der Waals surface area contributed by atoms with Gasteiger partial charge in [0.15, 0.2) is 5.82 Å². The van der Waals surface area contributed by atoms with E-state index >= 15 is 0 Å². The number of likely N-dealkylation sites (tertiary alicyclic amines) is 1. The van der Waals surface area contributed by atoms with Crippen LogP contribution in [0.2, 0.25) is 0 Å². The minimum absolute atomic E-state index is 0. The summed E-state index contributed by atoms with van der Waals surface area (Å²) in [6, 6.07) is 10.3. The Bertz CT molecular complexity index is 546. The normalized spacial score (nSPS) is 19.2. The molecule has 0 aliphatic carbocycles. The second-order valence-electron chi connectivity index (χ2n) is 5.24. The van der Waals surface area contributed by atoms with Crippen LogP contribution in [-0.4, -0.2) is 34.2 Å². The highest BCUT2D eigenvalue weighted by Crippen LogP contribution is 2.20. The Morgan fingerprint density at radius 2 is 2.05 bits per heavy atom. The van der Waals surface area contributed by atoms with Gasteiger partial charge in [0.25, 0.3) is 5.89 Å². The number of piperidine rings is 1. The highest BCUT2D eigenvalue weighted by atomic mass is 35.5. The zero-order valence-electron chi connectivity index (χ0n) is 11.9. The lowest BCUT2D eigenvalue weighted by Gasteiger charge is -2.33. The molecule has 1 aliphatic rings. The maximum atomic E-state index is 5.84. The van der Waals surface area contributed by atoms with Crippen molar-refractivity contribution in [1.29, 1.82) is 0 Å². The smallest absolute Gasteiger partial charge is 0.257 e. The zero-order chi connectivity index (χ0) is 13.8. The van der Waals surface area contributed by atoms with Gasteiger partial charge in [-0.2, -0.15) is 4.98 Å². The molecule has 1 aromatic heterocycles. The van der Waals surface area contributed by atoms with Crippen LogP contribution in [0.4, 0.5) is 0 Å². The van der Waals surface area contributed by atoms with Crippen molar-refractivity contribution in [3.63, 3.8) is 0 Å². The van der Waals surface area contributed by atoms with E-state index in [1.54, 1.807) is 0 Å². The van der Waals surface area contributed by atoms with E-state index in [-0.39, 0.29) is 12.4 Å². The minimum Gasteiger partial charge on any atom is -0.334 e. The fourth-order valence-corrected chi connectivity index (χ4v) is 2.73. The van der Waals surface area contributed by atoms with Crippen molar-refractivity contribution in [3.05, 3.63) is 36.2 Å². The molecule has 1 atom stereocenters. The first-order chi connectivity index (χ1) is 9.86. The molecule has 0 saturated carbocycles. The molecule has 2 aromatic rings. The van der Waals surface area contributed by atoms with Crippen molar-refractivity contribution >= 4 is 12.4 Å². The van der Waals surface area contributed by atoms with Crippen LogP contribution in [0.25, 0.3) is 11.5 Å². The van der Waals surface area contributed by atoms with Crippen molar-refractivity contribution in [3.8, 4) is 11.5 Å². The second-order valence-corrected chi connectivity index (χ2v) is 5.24. The standard InChI is InChI=1S/C15H20N4O.ClH/c16-10-13-8-4-5-9-19(13)11-14-17-15(20-18-14)12-6-2-1-3-7-12;/h1-3,6-7,13H,4-5,8-11,16H2;1H. The lowest BCUT2D eigenvalue weighted by molar-refractivity contribution is 0.140. The largest absolute Gasteiger partial charge is 0.334 e. The topological polar surface area (TPSA) is 68.2 Å². The molecule has 1 unspecified atom stereocenters. The van der Waals surface area contributed by atoms with Crippen LogP contribution in [0.1, 0.15) is 25.1 Å². The third kappa shape index (κ3) is 3.81. The fourth-order valence-electron chi connectivity index (χ4n) is 2.73. The van der Waals surface area contributed by atoms with Gasteiger partial charge in [0.05, 0.1) is 6.54 Å². The van der Waals surface area contributed by atoms with Crippen LogP contribution in [0.3, 0.4) is 0 Å². The summed E-state index contributed by atoms with van der Waals surface area (Å²) in [6.07, 6.45) is 3.65. The molecule has 2 N–H and O–H groups in total. The van der Waals surface area contributed by atoms with Crippen molar-refractivity contribution in [2.75, 3.05) is 13.1 Å². The summed E-state index contributed by atoms with van der Waals surface area (Å²) in [4.78, 5) is 6.85. The van der Waals surface area contributed by atoms with Crippen LogP contribution in [0.15, 0.2) is 34.9 Å². The highest BCUT2D eigenvalue weighted by molar-refractivity contribution is 5.85. The molecule has 114 valence electrons. The van der Waals surface area contributed by atoms with Gasteiger partial charge in [-0.15, -0.1) is 12.4 Å². The van der Waals surface area contributed by atoms with Crippen molar-refractivity contribution in [2.45, 2.75) is 31.8 Å². The Morgan fingerprint density at radius 1 is 1.24 bits per heavy atom. The number of halogens is 1. The Kier molecular flexibility index (Phi) is 5.73. The first-order valence-corrected chi connectivity index (χ1v) is 7.19. The highest BCUT2D eigenvalue weighted by Gasteiger charge is 2.22. The SMILES string of the molecule is Cl.NCC1CCCCN1Cc1noc(-c2ccccc2)n1. The predicted molar refractivity (Wildman–Crippen MR) is 84.1 cm³/mol. The maximum absolute atomic E-state index is 5.84. The molecule has 0 spiro atoms. The van der Waals surface area contributed by atoms with E-state index in [0.29, 0.717) is 18.5 Å². The Morgan fingerprint density at radius 3 is 2.81 bits per heavy atom. The fraction of sp³-hybridized carbons (Fsp3) is 0.467. The van der Waals surface area contributed by atoms with Crippen molar-refractivity contribution < 1.29 is 4.52 Å². The maximum Gasteiger partial charge on any atom is 0.257 e. The molecule has 1 fully saturated rings.